The lowest BCUT2D eigenvalue weighted by Gasteiger charge is -2.40. The lowest BCUT2D eigenvalue weighted by Crippen LogP contribution is -2.47. The number of carboxylic acid groups (broad SMARTS) is 1. The van der Waals surface area contributed by atoms with Gasteiger partial charge in [0.05, 0.1) is 0 Å². The van der Waals surface area contributed by atoms with Crippen LogP contribution in [0.5, 0.6) is 0 Å². The summed E-state index contributed by atoms with van der Waals surface area (Å²) in [6.07, 6.45) is 1.99. The fourth-order valence-electron chi connectivity index (χ4n) is 3.06. The van der Waals surface area contributed by atoms with Crippen LogP contribution >= 0.6 is 11.3 Å². The van der Waals surface area contributed by atoms with Gasteiger partial charge in [-0.1, -0.05) is 20.8 Å². The molecule has 0 fully saturated rings. The number of carboxylic acids is 1. The average molecular weight is 267 g/mol. The lowest BCUT2D eigenvalue weighted by atomic mass is 9.92. The standard InChI is InChI=1S/C14H21NO2S/c1-4-11(9(2)3)15-7-5-12-10(6-8-18-12)13(15)14(16)17/h6,8-9,11,13H,4-5,7H2,1-3H3,(H,16,17). The van der Waals surface area contributed by atoms with Gasteiger partial charge < -0.3 is 5.11 Å². The Morgan fingerprint density at radius 3 is 2.89 bits per heavy atom. The molecule has 3 nitrogen and oxygen atoms in total. The first kappa shape index (κ1) is 13.6. The molecule has 18 heavy (non-hydrogen) atoms. The van der Waals surface area contributed by atoms with Gasteiger partial charge in [-0.2, -0.15) is 0 Å². The van der Waals surface area contributed by atoms with E-state index in [0.717, 1.165) is 24.9 Å². The molecule has 1 aliphatic rings. The van der Waals surface area contributed by atoms with E-state index in [0.29, 0.717) is 12.0 Å². The molecule has 2 atom stereocenters. The van der Waals surface area contributed by atoms with Crippen LogP contribution in [0.2, 0.25) is 0 Å². The van der Waals surface area contributed by atoms with Gasteiger partial charge in [0.1, 0.15) is 6.04 Å². The highest BCUT2D eigenvalue weighted by Crippen LogP contribution is 2.36. The van der Waals surface area contributed by atoms with Crippen LogP contribution in [0.1, 0.15) is 43.7 Å². The van der Waals surface area contributed by atoms with Crippen molar-refractivity contribution in [3.05, 3.63) is 21.9 Å². The summed E-state index contributed by atoms with van der Waals surface area (Å²) < 4.78 is 0. The molecule has 1 aromatic rings. The number of hydrogen-bond donors (Lipinski definition) is 1. The molecule has 2 rings (SSSR count). The van der Waals surface area contributed by atoms with Gasteiger partial charge in [-0.15, -0.1) is 11.3 Å². The van der Waals surface area contributed by atoms with E-state index in [1.54, 1.807) is 11.3 Å². The molecule has 1 N–H and O–H groups in total. The number of thiophene rings is 1. The maximum absolute atomic E-state index is 11.6. The van der Waals surface area contributed by atoms with Crippen LogP contribution in [-0.4, -0.2) is 28.6 Å². The van der Waals surface area contributed by atoms with Crippen molar-refractivity contribution >= 4 is 17.3 Å². The molecular formula is C14H21NO2S. The predicted molar refractivity (Wildman–Crippen MR) is 74.0 cm³/mol. The first-order chi connectivity index (χ1) is 8.56. The van der Waals surface area contributed by atoms with Crippen molar-refractivity contribution < 1.29 is 9.90 Å². The average Bonchev–Trinajstić information content (AvgIpc) is 2.76. The third-order valence-corrected chi connectivity index (χ3v) is 4.85. The second-order valence-electron chi connectivity index (χ2n) is 5.25. The molecule has 0 aromatic carbocycles. The molecule has 0 aliphatic carbocycles. The van der Waals surface area contributed by atoms with Crippen LogP contribution in [0.3, 0.4) is 0 Å². The molecule has 4 heteroatoms. The number of nitrogens with zero attached hydrogens (tertiary/aromatic N) is 1. The Morgan fingerprint density at radius 2 is 2.33 bits per heavy atom. The maximum atomic E-state index is 11.6. The summed E-state index contributed by atoms with van der Waals surface area (Å²) in [4.78, 5) is 15.1. The van der Waals surface area contributed by atoms with E-state index in [-0.39, 0.29) is 0 Å². The summed E-state index contributed by atoms with van der Waals surface area (Å²) in [6.45, 7) is 7.36. The molecule has 1 aromatic heterocycles. The minimum absolute atomic E-state index is 0.346. The van der Waals surface area contributed by atoms with Gasteiger partial charge in [0.25, 0.3) is 0 Å². The van der Waals surface area contributed by atoms with Crippen LogP contribution in [0.25, 0.3) is 0 Å². The Balaban J connectivity index is 2.35. The smallest absolute Gasteiger partial charge is 0.325 e. The normalized spacial score (nSPS) is 21.9. The Kier molecular flexibility index (Phi) is 4.07. The molecule has 0 saturated heterocycles. The van der Waals surface area contributed by atoms with Crippen molar-refractivity contribution in [3.63, 3.8) is 0 Å². The van der Waals surface area contributed by atoms with Crippen molar-refractivity contribution in [2.24, 2.45) is 5.92 Å². The molecule has 1 aliphatic heterocycles. The molecule has 0 amide bonds. The van der Waals surface area contributed by atoms with Gasteiger partial charge in [0.15, 0.2) is 0 Å². The summed E-state index contributed by atoms with van der Waals surface area (Å²) >= 11 is 1.69. The monoisotopic (exact) mass is 267 g/mol. The summed E-state index contributed by atoms with van der Waals surface area (Å²) in [7, 11) is 0. The zero-order valence-corrected chi connectivity index (χ0v) is 12.0. The Bertz CT molecular complexity index is 427. The van der Waals surface area contributed by atoms with Gasteiger partial charge >= 0.3 is 5.97 Å². The maximum Gasteiger partial charge on any atom is 0.325 e. The number of carbonyl (C=O) groups is 1. The highest BCUT2D eigenvalue weighted by Gasteiger charge is 2.37. The van der Waals surface area contributed by atoms with Crippen molar-refractivity contribution in [1.29, 1.82) is 0 Å². The van der Waals surface area contributed by atoms with Crippen molar-refractivity contribution in [1.82, 2.24) is 4.90 Å². The van der Waals surface area contributed by atoms with Crippen LogP contribution in [0.4, 0.5) is 0 Å². The summed E-state index contributed by atoms with van der Waals surface area (Å²) in [6, 6.07) is 1.88. The number of rotatable bonds is 4. The van der Waals surface area contributed by atoms with Gasteiger partial charge in [-0.25, -0.2) is 0 Å². The fourth-order valence-corrected chi connectivity index (χ4v) is 3.96. The van der Waals surface area contributed by atoms with E-state index >= 15 is 0 Å². The second kappa shape index (κ2) is 5.41. The van der Waals surface area contributed by atoms with Gasteiger partial charge in [-0.05, 0) is 35.8 Å². The number of fused-ring (bicyclic) bond motifs is 1. The minimum atomic E-state index is -0.714. The predicted octanol–water partition coefficient (Wildman–Crippen LogP) is 3.17. The zero-order chi connectivity index (χ0) is 13.3. The van der Waals surface area contributed by atoms with Crippen molar-refractivity contribution in [2.75, 3.05) is 6.54 Å². The third kappa shape index (κ3) is 2.31. The third-order valence-electron chi connectivity index (χ3n) is 3.85. The number of aliphatic carboxylic acids is 1. The van der Waals surface area contributed by atoms with E-state index in [9.17, 15) is 9.90 Å². The fraction of sp³-hybridized carbons (Fsp3) is 0.643. The van der Waals surface area contributed by atoms with Gasteiger partial charge in [-0.3, -0.25) is 9.69 Å². The minimum Gasteiger partial charge on any atom is -0.480 e. The molecule has 100 valence electrons. The largest absolute Gasteiger partial charge is 0.480 e. The lowest BCUT2D eigenvalue weighted by molar-refractivity contribution is -0.145. The van der Waals surface area contributed by atoms with E-state index in [1.165, 1.54) is 4.88 Å². The molecule has 2 heterocycles. The first-order valence-electron chi connectivity index (χ1n) is 6.61. The highest BCUT2D eigenvalue weighted by molar-refractivity contribution is 7.10. The number of hydrogen-bond acceptors (Lipinski definition) is 3. The van der Waals surface area contributed by atoms with Crippen molar-refractivity contribution in [3.8, 4) is 0 Å². The molecule has 2 unspecified atom stereocenters. The topological polar surface area (TPSA) is 40.5 Å². The van der Waals surface area contributed by atoms with Crippen molar-refractivity contribution in [2.45, 2.75) is 45.7 Å². The summed E-state index contributed by atoms with van der Waals surface area (Å²) in [5.41, 5.74) is 1.01. The van der Waals surface area contributed by atoms with Crippen LogP contribution in [0, 0.1) is 5.92 Å². The Hall–Kier alpha value is -0.870. The van der Waals surface area contributed by atoms with Gasteiger partial charge in [0, 0.05) is 17.5 Å². The first-order valence-corrected chi connectivity index (χ1v) is 7.49. The SMILES string of the molecule is CCC(C(C)C)N1CCc2sccc2C1C(=O)O. The second-order valence-corrected chi connectivity index (χ2v) is 6.25. The molecule has 0 bridgehead atoms. The Labute approximate surface area is 112 Å². The Morgan fingerprint density at radius 1 is 1.61 bits per heavy atom. The molecule has 0 spiro atoms. The van der Waals surface area contributed by atoms with Crippen LogP contribution in [-0.2, 0) is 11.2 Å². The van der Waals surface area contributed by atoms with E-state index in [4.69, 9.17) is 0 Å². The van der Waals surface area contributed by atoms with E-state index in [1.807, 2.05) is 11.4 Å². The van der Waals surface area contributed by atoms with E-state index in [2.05, 4.69) is 25.7 Å². The molecule has 0 saturated carbocycles. The molecule has 0 radical (unpaired) electrons. The summed E-state index contributed by atoms with van der Waals surface area (Å²) in [5, 5.41) is 11.6. The van der Waals surface area contributed by atoms with E-state index < -0.39 is 12.0 Å². The quantitative estimate of drug-likeness (QED) is 0.911. The highest BCUT2D eigenvalue weighted by atomic mass is 32.1. The molecular weight excluding hydrogens is 246 g/mol. The van der Waals surface area contributed by atoms with Crippen LogP contribution in [0.15, 0.2) is 11.4 Å². The van der Waals surface area contributed by atoms with Crippen LogP contribution < -0.4 is 0 Å². The van der Waals surface area contributed by atoms with Gasteiger partial charge in [0.2, 0.25) is 0 Å². The zero-order valence-electron chi connectivity index (χ0n) is 11.2. The summed E-state index contributed by atoms with van der Waals surface area (Å²) in [5.74, 6) is -0.231.